The summed E-state index contributed by atoms with van der Waals surface area (Å²) < 4.78 is 0. The number of nitrogens with one attached hydrogen (secondary N) is 2. The van der Waals surface area contributed by atoms with Gasteiger partial charge in [0, 0.05) is 62.5 Å². The van der Waals surface area contributed by atoms with Crippen LogP contribution in [0.1, 0.15) is 49.5 Å². The molecule has 0 saturated carbocycles. The minimum absolute atomic E-state index is 0.0504. The molecular formula is C32H34N6O3. The number of nitriles is 1. The van der Waals surface area contributed by atoms with Crippen molar-refractivity contribution in [2.75, 3.05) is 62.6 Å². The average molecular weight is 551 g/mol. The summed E-state index contributed by atoms with van der Waals surface area (Å²) >= 11 is 0. The van der Waals surface area contributed by atoms with E-state index in [1.165, 1.54) is 0 Å². The molecule has 3 amide bonds. The lowest BCUT2D eigenvalue weighted by Crippen LogP contribution is -2.35. The van der Waals surface area contributed by atoms with E-state index in [-0.39, 0.29) is 17.7 Å². The lowest BCUT2D eigenvalue weighted by atomic mass is 10.1. The molecule has 41 heavy (non-hydrogen) atoms. The Balaban J connectivity index is 1.37. The van der Waals surface area contributed by atoms with Crippen molar-refractivity contribution in [1.82, 2.24) is 15.1 Å². The maximum atomic E-state index is 13.4. The Morgan fingerprint density at radius 1 is 0.707 bits per heavy atom. The van der Waals surface area contributed by atoms with E-state index in [0.29, 0.717) is 67.2 Å². The molecule has 210 valence electrons. The summed E-state index contributed by atoms with van der Waals surface area (Å²) in [6, 6.07) is 23.3. The Morgan fingerprint density at radius 2 is 1.41 bits per heavy atom. The van der Waals surface area contributed by atoms with Crippen LogP contribution in [0.15, 0.2) is 72.8 Å². The molecule has 5 rings (SSSR count). The van der Waals surface area contributed by atoms with E-state index in [9.17, 15) is 14.4 Å². The molecule has 0 aliphatic carbocycles. The predicted octanol–water partition coefficient (Wildman–Crippen LogP) is 3.60. The van der Waals surface area contributed by atoms with Gasteiger partial charge in [0.1, 0.15) is 0 Å². The molecule has 2 aliphatic rings. The van der Waals surface area contributed by atoms with E-state index in [1.807, 2.05) is 40.1 Å². The third kappa shape index (κ3) is 6.73. The fourth-order valence-electron chi connectivity index (χ4n) is 5.29. The van der Waals surface area contributed by atoms with Gasteiger partial charge in [0.15, 0.2) is 0 Å². The lowest BCUT2D eigenvalue weighted by Gasteiger charge is -2.27. The van der Waals surface area contributed by atoms with Crippen LogP contribution in [0, 0.1) is 11.3 Å². The highest BCUT2D eigenvalue weighted by Gasteiger charge is 2.24. The monoisotopic (exact) mass is 550 g/mol. The van der Waals surface area contributed by atoms with Crippen molar-refractivity contribution in [3.8, 4) is 6.07 Å². The van der Waals surface area contributed by atoms with E-state index >= 15 is 0 Å². The Morgan fingerprint density at radius 3 is 2.20 bits per heavy atom. The van der Waals surface area contributed by atoms with Gasteiger partial charge in [0.25, 0.3) is 17.7 Å². The first-order chi connectivity index (χ1) is 20.0. The van der Waals surface area contributed by atoms with Crippen molar-refractivity contribution in [1.29, 1.82) is 5.26 Å². The van der Waals surface area contributed by atoms with E-state index in [1.54, 1.807) is 42.5 Å². The highest BCUT2D eigenvalue weighted by Crippen LogP contribution is 2.30. The van der Waals surface area contributed by atoms with Gasteiger partial charge < -0.3 is 25.3 Å². The normalized spacial score (nSPS) is 15.8. The van der Waals surface area contributed by atoms with Gasteiger partial charge in [-0.15, -0.1) is 0 Å². The minimum Gasteiger partial charge on any atom is -0.368 e. The molecule has 9 nitrogen and oxygen atoms in total. The molecule has 3 aromatic rings. The van der Waals surface area contributed by atoms with Crippen molar-refractivity contribution in [2.24, 2.45) is 0 Å². The van der Waals surface area contributed by atoms with Gasteiger partial charge in [0.05, 0.1) is 23.0 Å². The Hall–Kier alpha value is -4.68. The van der Waals surface area contributed by atoms with Crippen molar-refractivity contribution in [3.05, 3.63) is 95.1 Å². The van der Waals surface area contributed by atoms with Gasteiger partial charge in [-0.2, -0.15) is 5.26 Å². The van der Waals surface area contributed by atoms with Crippen LogP contribution in [0.25, 0.3) is 0 Å². The number of rotatable bonds is 5. The molecule has 0 atom stereocenters. The van der Waals surface area contributed by atoms with Crippen LogP contribution < -0.4 is 15.5 Å². The molecule has 2 N–H and O–H groups in total. The number of carbonyl (C=O) groups is 3. The number of hydrogen-bond acceptors (Lipinski definition) is 6. The topological polar surface area (TPSA) is 109 Å². The van der Waals surface area contributed by atoms with Gasteiger partial charge in [-0.3, -0.25) is 14.4 Å². The van der Waals surface area contributed by atoms with Crippen LogP contribution in [0.3, 0.4) is 0 Å². The maximum Gasteiger partial charge on any atom is 0.255 e. The molecule has 0 bridgehead atoms. The molecule has 0 unspecified atom stereocenters. The fraction of sp³-hybridized carbons (Fsp3) is 0.312. The van der Waals surface area contributed by atoms with Crippen LogP contribution >= 0.6 is 0 Å². The quantitative estimate of drug-likeness (QED) is 0.503. The van der Waals surface area contributed by atoms with Crippen LogP contribution in [-0.4, -0.2) is 79.9 Å². The van der Waals surface area contributed by atoms with Crippen molar-refractivity contribution >= 4 is 29.1 Å². The number of amides is 3. The SMILES string of the molecule is N#Cc1ccc(C(=O)N2CCCN(c3ccc(C(=O)N4CCCNCC4)cc3NC(=O)c3ccccc3)CC2)cc1. The smallest absolute Gasteiger partial charge is 0.255 e. The second-order valence-electron chi connectivity index (χ2n) is 10.3. The van der Waals surface area contributed by atoms with Crippen molar-refractivity contribution < 1.29 is 14.4 Å². The molecule has 0 spiro atoms. The first-order valence-corrected chi connectivity index (χ1v) is 14.1. The standard InChI is InChI=1S/C32H34N6O3/c33-23-24-8-10-26(11-9-24)31(40)38-18-5-17-36(20-21-38)29-13-12-27(32(41)37-16-4-14-34-15-19-37)22-28(29)35-30(39)25-6-2-1-3-7-25/h1-3,6-13,22,34H,4-5,14-21H2,(H,35,39). The van der Waals surface area contributed by atoms with Gasteiger partial charge in [-0.25, -0.2) is 0 Å². The number of carbonyl (C=O) groups excluding carboxylic acids is 3. The summed E-state index contributed by atoms with van der Waals surface area (Å²) in [4.78, 5) is 45.6. The fourth-order valence-corrected chi connectivity index (χ4v) is 5.29. The van der Waals surface area contributed by atoms with Gasteiger partial charge in [0.2, 0.25) is 0 Å². The predicted molar refractivity (Wildman–Crippen MR) is 158 cm³/mol. The second-order valence-corrected chi connectivity index (χ2v) is 10.3. The first kappa shape index (κ1) is 27.9. The molecule has 0 radical (unpaired) electrons. The Kier molecular flexibility index (Phi) is 8.92. The summed E-state index contributed by atoms with van der Waals surface area (Å²) in [6.45, 7) is 5.34. The summed E-state index contributed by atoms with van der Waals surface area (Å²) in [5.74, 6) is -0.366. The van der Waals surface area contributed by atoms with Crippen molar-refractivity contribution in [2.45, 2.75) is 12.8 Å². The van der Waals surface area contributed by atoms with Gasteiger partial charge in [-0.1, -0.05) is 18.2 Å². The van der Waals surface area contributed by atoms with Crippen LogP contribution in [0.5, 0.6) is 0 Å². The van der Waals surface area contributed by atoms with E-state index in [0.717, 1.165) is 31.6 Å². The number of nitrogens with zero attached hydrogens (tertiary/aromatic N) is 4. The van der Waals surface area contributed by atoms with E-state index in [4.69, 9.17) is 5.26 Å². The third-order valence-corrected chi connectivity index (χ3v) is 7.54. The molecule has 9 heteroatoms. The molecule has 2 fully saturated rings. The highest BCUT2D eigenvalue weighted by atomic mass is 16.2. The zero-order valence-corrected chi connectivity index (χ0v) is 23.0. The minimum atomic E-state index is -0.247. The van der Waals surface area contributed by atoms with Crippen LogP contribution in [-0.2, 0) is 0 Å². The summed E-state index contributed by atoms with van der Waals surface area (Å²) in [5.41, 5.74) is 3.53. The van der Waals surface area contributed by atoms with Crippen LogP contribution in [0.2, 0.25) is 0 Å². The Labute approximate surface area is 240 Å². The van der Waals surface area contributed by atoms with E-state index < -0.39 is 0 Å². The zero-order valence-electron chi connectivity index (χ0n) is 23.0. The number of anilines is 2. The molecule has 3 aromatic carbocycles. The molecule has 0 aromatic heterocycles. The summed E-state index contributed by atoms with van der Waals surface area (Å²) in [6.07, 6.45) is 1.64. The van der Waals surface area contributed by atoms with E-state index in [2.05, 4.69) is 21.6 Å². The second kappa shape index (κ2) is 13.1. The summed E-state index contributed by atoms with van der Waals surface area (Å²) in [5, 5.41) is 15.4. The zero-order chi connectivity index (χ0) is 28.6. The average Bonchev–Trinajstić information content (AvgIpc) is 3.45. The number of benzene rings is 3. The molecular weight excluding hydrogens is 516 g/mol. The maximum absolute atomic E-state index is 13.4. The first-order valence-electron chi connectivity index (χ1n) is 14.1. The third-order valence-electron chi connectivity index (χ3n) is 7.54. The largest absolute Gasteiger partial charge is 0.368 e. The summed E-state index contributed by atoms with van der Waals surface area (Å²) in [7, 11) is 0. The van der Waals surface area contributed by atoms with Gasteiger partial charge >= 0.3 is 0 Å². The van der Waals surface area contributed by atoms with Crippen LogP contribution in [0.4, 0.5) is 11.4 Å². The van der Waals surface area contributed by atoms with Gasteiger partial charge in [-0.05, 0) is 74.0 Å². The van der Waals surface area contributed by atoms with Crippen molar-refractivity contribution in [3.63, 3.8) is 0 Å². The number of hydrogen-bond donors (Lipinski definition) is 2. The lowest BCUT2D eigenvalue weighted by molar-refractivity contribution is 0.0759. The Bertz CT molecular complexity index is 1430. The molecule has 2 aliphatic heterocycles. The highest BCUT2D eigenvalue weighted by molar-refractivity contribution is 6.07. The molecule has 2 saturated heterocycles. The molecule has 2 heterocycles.